The van der Waals surface area contributed by atoms with Gasteiger partial charge in [0.05, 0.1) is 0 Å². The van der Waals surface area contributed by atoms with E-state index in [4.69, 9.17) is 10.2 Å². The van der Waals surface area contributed by atoms with E-state index in [-0.39, 0.29) is 5.69 Å². The van der Waals surface area contributed by atoms with Crippen LogP contribution in [0.15, 0.2) is 18.3 Å². The fraction of sp³-hybridized carbons (Fsp3) is 0.222. The number of nitrogens with one attached hydrogen (secondary N) is 1. The third kappa shape index (κ3) is 2.94. The van der Waals surface area contributed by atoms with Gasteiger partial charge in [-0.2, -0.15) is 0 Å². The first-order valence-electron chi connectivity index (χ1n) is 4.19. The second-order valence-corrected chi connectivity index (χ2v) is 2.94. The molecular weight excluding hydrogens is 200 g/mol. The van der Waals surface area contributed by atoms with E-state index in [1.165, 1.54) is 25.3 Å². The Balaban J connectivity index is 2.82. The average molecular weight is 210 g/mol. The zero-order valence-electron chi connectivity index (χ0n) is 7.97. The molecule has 0 fully saturated rings. The van der Waals surface area contributed by atoms with Gasteiger partial charge in [0.1, 0.15) is 11.7 Å². The lowest BCUT2D eigenvalue weighted by molar-refractivity contribution is -0.137. The van der Waals surface area contributed by atoms with Crippen LogP contribution in [-0.4, -0.2) is 33.2 Å². The third-order valence-corrected chi connectivity index (χ3v) is 1.73. The van der Waals surface area contributed by atoms with Gasteiger partial charge in [0, 0.05) is 11.9 Å². The molecule has 1 aromatic rings. The number of hydrogen-bond acceptors (Lipinski definition) is 4. The van der Waals surface area contributed by atoms with Crippen molar-refractivity contribution in [2.75, 3.05) is 5.32 Å². The summed E-state index contributed by atoms with van der Waals surface area (Å²) in [6, 6.07) is 2.00. The van der Waals surface area contributed by atoms with E-state index in [2.05, 4.69) is 10.3 Å². The van der Waals surface area contributed by atoms with Gasteiger partial charge in [0.2, 0.25) is 0 Å². The number of hydrogen-bond donors (Lipinski definition) is 3. The van der Waals surface area contributed by atoms with E-state index >= 15 is 0 Å². The van der Waals surface area contributed by atoms with Crippen LogP contribution >= 0.6 is 0 Å². The van der Waals surface area contributed by atoms with Gasteiger partial charge < -0.3 is 15.5 Å². The molecule has 0 aromatic carbocycles. The summed E-state index contributed by atoms with van der Waals surface area (Å²) in [5.41, 5.74) is 0.287. The van der Waals surface area contributed by atoms with E-state index in [1.54, 1.807) is 0 Å². The molecule has 0 radical (unpaired) electrons. The molecule has 0 saturated heterocycles. The lowest BCUT2D eigenvalue weighted by Gasteiger charge is -2.10. The summed E-state index contributed by atoms with van der Waals surface area (Å²) >= 11 is 0. The summed E-state index contributed by atoms with van der Waals surface area (Å²) in [4.78, 5) is 24.7. The lowest BCUT2D eigenvalue weighted by Crippen LogP contribution is -2.25. The second kappa shape index (κ2) is 4.41. The largest absolute Gasteiger partial charge is 0.480 e. The van der Waals surface area contributed by atoms with Crippen LogP contribution in [0.2, 0.25) is 0 Å². The van der Waals surface area contributed by atoms with Crippen molar-refractivity contribution < 1.29 is 19.8 Å². The van der Waals surface area contributed by atoms with E-state index in [0.717, 1.165) is 0 Å². The Morgan fingerprint density at radius 3 is 2.67 bits per heavy atom. The zero-order chi connectivity index (χ0) is 11.4. The summed E-state index contributed by atoms with van der Waals surface area (Å²) in [5, 5.41) is 19.9. The highest BCUT2D eigenvalue weighted by atomic mass is 16.4. The fourth-order valence-corrected chi connectivity index (χ4v) is 0.949. The van der Waals surface area contributed by atoms with Crippen LogP contribution in [0.5, 0.6) is 0 Å². The number of carboxylic acids is 2. The predicted octanol–water partition coefficient (Wildman–Crippen LogP) is 0.665. The van der Waals surface area contributed by atoms with Crippen molar-refractivity contribution in [3.8, 4) is 0 Å². The van der Waals surface area contributed by atoms with E-state index < -0.39 is 18.0 Å². The van der Waals surface area contributed by atoms with E-state index in [1.807, 2.05) is 0 Å². The fourth-order valence-electron chi connectivity index (χ4n) is 0.949. The number of anilines is 1. The molecule has 3 N–H and O–H groups in total. The number of carbonyl (C=O) groups is 2. The maximum Gasteiger partial charge on any atom is 0.354 e. The summed E-state index contributed by atoms with van der Waals surface area (Å²) < 4.78 is 0. The molecule has 1 atom stereocenters. The smallest absolute Gasteiger partial charge is 0.354 e. The minimum atomic E-state index is -1.15. The maximum atomic E-state index is 10.6. The normalized spacial score (nSPS) is 11.8. The molecule has 0 aliphatic heterocycles. The molecule has 1 rings (SSSR count). The summed E-state index contributed by atoms with van der Waals surface area (Å²) in [7, 11) is 0. The van der Waals surface area contributed by atoms with Gasteiger partial charge in [-0.1, -0.05) is 0 Å². The van der Waals surface area contributed by atoms with Crippen molar-refractivity contribution in [1.29, 1.82) is 0 Å². The quantitative estimate of drug-likeness (QED) is 0.675. The van der Waals surface area contributed by atoms with Crippen LogP contribution < -0.4 is 5.32 Å². The van der Waals surface area contributed by atoms with Gasteiger partial charge in [-0.3, -0.25) is 4.79 Å². The zero-order valence-corrected chi connectivity index (χ0v) is 7.97. The molecule has 1 heterocycles. The van der Waals surface area contributed by atoms with Crippen molar-refractivity contribution in [2.24, 2.45) is 0 Å². The number of aliphatic carboxylic acids is 1. The van der Waals surface area contributed by atoms with Crippen LogP contribution in [0, 0.1) is 0 Å². The molecule has 6 heteroatoms. The van der Waals surface area contributed by atoms with Crippen LogP contribution in [0.25, 0.3) is 0 Å². The Hall–Kier alpha value is -2.11. The molecule has 1 unspecified atom stereocenters. The van der Waals surface area contributed by atoms with Gasteiger partial charge >= 0.3 is 11.9 Å². The van der Waals surface area contributed by atoms with Gasteiger partial charge in [0.15, 0.2) is 0 Å². The first kappa shape index (κ1) is 11.0. The van der Waals surface area contributed by atoms with Crippen molar-refractivity contribution in [1.82, 2.24) is 4.98 Å². The number of carboxylic acid groups (broad SMARTS) is 2. The van der Waals surface area contributed by atoms with E-state index in [0.29, 0.717) is 5.69 Å². The maximum absolute atomic E-state index is 10.6. The van der Waals surface area contributed by atoms with Crippen LogP contribution in [0.3, 0.4) is 0 Å². The highest BCUT2D eigenvalue weighted by molar-refractivity contribution is 5.86. The highest BCUT2D eigenvalue weighted by Crippen LogP contribution is 2.09. The number of aromatic carboxylic acids is 1. The Labute approximate surface area is 85.6 Å². The number of nitrogens with zero attached hydrogens (tertiary/aromatic N) is 1. The van der Waals surface area contributed by atoms with Gasteiger partial charge in [0.25, 0.3) is 0 Å². The molecule has 0 bridgehead atoms. The van der Waals surface area contributed by atoms with E-state index in [9.17, 15) is 9.59 Å². The lowest BCUT2D eigenvalue weighted by atomic mass is 10.2. The molecule has 6 nitrogen and oxygen atoms in total. The molecule has 1 aromatic heterocycles. The SMILES string of the molecule is CC(Nc1ccnc(C(=O)O)c1)C(=O)O. The van der Waals surface area contributed by atoms with Crippen molar-refractivity contribution in [3.05, 3.63) is 24.0 Å². The minimum absolute atomic E-state index is 0.127. The molecule has 15 heavy (non-hydrogen) atoms. The molecule has 0 spiro atoms. The Kier molecular flexibility index (Phi) is 3.22. The Morgan fingerprint density at radius 1 is 1.47 bits per heavy atom. The van der Waals surface area contributed by atoms with Crippen molar-refractivity contribution in [3.63, 3.8) is 0 Å². The molecular formula is C9H10N2O4. The minimum Gasteiger partial charge on any atom is -0.480 e. The molecule has 0 amide bonds. The summed E-state index contributed by atoms with van der Waals surface area (Å²) in [6.45, 7) is 1.46. The van der Waals surface area contributed by atoms with Crippen molar-refractivity contribution >= 4 is 17.6 Å². The third-order valence-electron chi connectivity index (χ3n) is 1.73. The molecule has 80 valence electrons. The highest BCUT2D eigenvalue weighted by Gasteiger charge is 2.11. The van der Waals surface area contributed by atoms with Crippen LogP contribution in [0.1, 0.15) is 17.4 Å². The molecule has 0 saturated carbocycles. The Bertz CT molecular complexity index is 391. The molecule has 0 aliphatic rings. The first-order valence-corrected chi connectivity index (χ1v) is 4.19. The first-order chi connectivity index (χ1) is 7.00. The number of pyridine rings is 1. The van der Waals surface area contributed by atoms with Gasteiger partial charge in [-0.05, 0) is 19.1 Å². The Morgan fingerprint density at radius 2 is 2.13 bits per heavy atom. The van der Waals surface area contributed by atoms with Gasteiger partial charge in [-0.25, -0.2) is 9.78 Å². The molecule has 0 aliphatic carbocycles. The standard InChI is InChI=1S/C9H10N2O4/c1-5(8(12)13)11-6-2-3-10-7(4-6)9(14)15/h2-5H,1H3,(H,10,11)(H,12,13)(H,14,15). The van der Waals surface area contributed by atoms with Gasteiger partial charge in [-0.15, -0.1) is 0 Å². The topological polar surface area (TPSA) is 99.5 Å². The van der Waals surface area contributed by atoms with Crippen molar-refractivity contribution in [2.45, 2.75) is 13.0 Å². The summed E-state index contributed by atoms with van der Waals surface area (Å²) in [6.07, 6.45) is 1.31. The van der Waals surface area contributed by atoms with Crippen LogP contribution in [0.4, 0.5) is 5.69 Å². The monoisotopic (exact) mass is 210 g/mol. The predicted molar refractivity (Wildman–Crippen MR) is 51.9 cm³/mol. The number of rotatable bonds is 4. The number of aromatic nitrogens is 1. The van der Waals surface area contributed by atoms with Crippen LogP contribution in [-0.2, 0) is 4.79 Å². The second-order valence-electron chi connectivity index (χ2n) is 2.94. The average Bonchev–Trinajstić information content (AvgIpc) is 2.18. The summed E-state index contributed by atoms with van der Waals surface area (Å²) in [5.74, 6) is -2.16.